The summed E-state index contributed by atoms with van der Waals surface area (Å²) >= 11 is 11.6. The number of hydrogen-bond acceptors (Lipinski definition) is 2. The molecule has 166 valence electrons. The molecule has 2 fully saturated rings. The smallest absolute Gasteiger partial charge is 0.229 e. The summed E-state index contributed by atoms with van der Waals surface area (Å²) < 4.78 is 0. The zero-order valence-corrected chi connectivity index (χ0v) is 19.5. The van der Waals surface area contributed by atoms with E-state index in [4.69, 9.17) is 23.2 Å². The van der Waals surface area contributed by atoms with E-state index >= 15 is 0 Å². The number of aliphatic hydroxyl groups is 1. The summed E-state index contributed by atoms with van der Waals surface area (Å²) in [5.41, 5.74) is 0.694. The van der Waals surface area contributed by atoms with Crippen LogP contribution in [0, 0.1) is 11.3 Å². The lowest BCUT2D eigenvalue weighted by Gasteiger charge is -2.48. The lowest BCUT2D eigenvalue weighted by atomic mass is 9.74. The Kier molecular flexibility index (Phi) is 8.21. The number of piperidine rings is 1. The van der Waals surface area contributed by atoms with Crippen LogP contribution in [0.1, 0.15) is 50.6 Å². The van der Waals surface area contributed by atoms with Gasteiger partial charge in [-0.05, 0) is 67.9 Å². The van der Waals surface area contributed by atoms with Crippen LogP contribution in [-0.4, -0.2) is 28.6 Å². The van der Waals surface area contributed by atoms with E-state index in [0.717, 1.165) is 36.3 Å². The van der Waals surface area contributed by atoms with Crippen molar-refractivity contribution in [3.05, 3.63) is 82.9 Å². The number of halogens is 2. The summed E-state index contributed by atoms with van der Waals surface area (Å²) in [6.45, 7) is 5.89. The van der Waals surface area contributed by atoms with Crippen LogP contribution in [0.15, 0.2) is 67.3 Å². The highest BCUT2D eigenvalue weighted by Gasteiger charge is 2.49. The van der Waals surface area contributed by atoms with Gasteiger partial charge in [0.2, 0.25) is 5.91 Å². The Hall–Kier alpha value is -1.81. The fourth-order valence-electron chi connectivity index (χ4n) is 4.42. The van der Waals surface area contributed by atoms with Crippen molar-refractivity contribution in [2.24, 2.45) is 11.3 Å². The molecule has 1 saturated heterocycles. The van der Waals surface area contributed by atoms with Gasteiger partial charge >= 0.3 is 0 Å². The fraction of sp³-hybridized carbons (Fsp3) is 0.423. The molecule has 3 atom stereocenters. The maximum absolute atomic E-state index is 13.4. The number of amides is 1. The van der Waals surface area contributed by atoms with Gasteiger partial charge in [-0.25, -0.2) is 0 Å². The molecular weight excluding hydrogens is 429 g/mol. The van der Waals surface area contributed by atoms with Crippen LogP contribution in [0.2, 0.25) is 10.0 Å². The van der Waals surface area contributed by atoms with Crippen LogP contribution in [-0.2, 0) is 4.79 Å². The average molecular weight is 460 g/mol. The molecule has 0 radical (unpaired) electrons. The second kappa shape index (κ2) is 10.7. The van der Waals surface area contributed by atoms with Crippen molar-refractivity contribution in [3.8, 4) is 0 Å². The minimum atomic E-state index is -0.410. The highest BCUT2D eigenvalue weighted by atomic mass is 35.5. The van der Waals surface area contributed by atoms with Gasteiger partial charge in [-0.3, -0.25) is 4.79 Å². The molecule has 3 nitrogen and oxygen atoms in total. The van der Waals surface area contributed by atoms with E-state index in [1.54, 1.807) is 0 Å². The first-order valence-electron chi connectivity index (χ1n) is 10.9. The van der Waals surface area contributed by atoms with E-state index in [0.29, 0.717) is 17.4 Å². The molecule has 0 bridgehead atoms. The third kappa shape index (κ3) is 5.91. The minimum Gasteiger partial charge on any atom is -0.394 e. The Morgan fingerprint density at radius 1 is 1.10 bits per heavy atom. The molecule has 2 aromatic carbocycles. The van der Waals surface area contributed by atoms with E-state index in [1.807, 2.05) is 72.5 Å². The predicted molar refractivity (Wildman–Crippen MR) is 128 cm³/mol. The molecule has 1 N–H and O–H groups in total. The molecule has 1 amide bonds. The molecule has 1 aliphatic carbocycles. The molecular formula is C26H31Cl2NO2. The first-order valence-corrected chi connectivity index (χ1v) is 11.7. The van der Waals surface area contributed by atoms with Crippen molar-refractivity contribution in [2.75, 3.05) is 6.61 Å². The number of nitrogens with zero attached hydrogens (tertiary/aromatic N) is 1. The van der Waals surface area contributed by atoms with Gasteiger partial charge in [0.1, 0.15) is 0 Å². The van der Waals surface area contributed by atoms with Crippen LogP contribution in [0.25, 0.3) is 0 Å². The lowest BCUT2D eigenvalue weighted by molar-refractivity contribution is -0.154. The van der Waals surface area contributed by atoms with Crippen molar-refractivity contribution in [2.45, 2.75) is 51.1 Å². The van der Waals surface area contributed by atoms with E-state index in [2.05, 4.69) is 6.58 Å². The van der Waals surface area contributed by atoms with E-state index < -0.39 is 5.41 Å². The topological polar surface area (TPSA) is 40.5 Å². The van der Waals surface area contributed by atoms with Gasteiger partial charge in [-0.1, -0.05) is 66.5 Å². The van der Waals surface area contributed by atoms with E-state index in [9.17, 15) is 9.90 Å². The molecule has 1 unspecified atom stereocenters. The molecule has 5 heteroatoms. The maximum Gasteiger partial charge on any atom is 0.229 e. The summed E-state index contributed by atoms with van der Waals surface area (Å²) in [6.07, 6.45) is 6.45. The Balaban J connectivity index is 0.000000330. The number of hydrogen-bond donors (Lipinski definition) is 1. The van der Waals surface area contributed by atoms with Gasteiger partial charge in [0, 0.05) is 10.0 Å². The molecule has 31 heavy (non-hydrogen) atoms. The monoisotopic (exact) mass is 459 g/mol. The normalized spacial score (nSPS) is 24.2. The van der Waals surface area contributed by atoms with Gasteiger partial charge in [0.15, 0.2) is 0 Å². The van der Waals surface area contributed by atoms with Gasteiger partial charge in [0.25, 0.3) is 0 Å². The molecule has 2 aliphatic rings. The summed E-state index contributed by atoms with van der Waals surface area (Å²) in [4.78, 5) is 15.3. The Morgan fingerprint density at radius 3 is 2.19 bits per heavy atom. The quantitative estimate of drug-likeness (QED) is 0.488. The highest BCUT2D eigenvalue weighted by molar-refractivity contribution is 6.30. The van der Waals surface area contributed by atoms with E-state index in [1.165, 1.54) is 0 Å². The molecule has 1 aliphatic heterocycles. The van der Waals surface area contributed by atoms with Gasteiger partial charge in [0.05, 0.1) is 24.1 Å². The number of aliphatic hydroxyl groups excluding tert-OH is 1. The average Bonchev–Trinajstić information content (AvgIpc) is 3.59. The number of carbonyl (C=O) groups excluding carboxylic acids is 1. The standard InChI is InChI=1S/C20H26ClNO2.C6H5Cl/c1-3-11-20(2)12-10-17(14-6-8-16(21)9-7-14)22(19(20)24)18(13-23)15-4-5-15;7-6-4-2-1-3-5-6/h3,6-9,15,17-18,23H,1,4-5,10-13H2,2H3;1-5H/t17-,18?,20-;/m0./s1. The second-order valence-electron chi connectivity index (χ2n) is 8.75. The van der Waals surface area contributed by atoms with Crippen molar-refractivity contribution < 1.29 is 9.90 Å². The van der Waals surface area contributed by atoms with Crippen molar-refractivity contribution >= 4 is 29.1 Å². The Bertz CT molecular complexity index is 867. The number of likely N-dealkylation sites (tertiary alicyclic amines) is 1. The molecule has 0 spiro atoms. The molecule has 4 rings (SSSR count). The molecule has 0 aromatic heterocycles. The summed E-state index contributed by atoms with van der Waals surface area (Å²) in [5, 5.41) is 11.5. The van der Waals surface area contributed by atoms with Crippen LogP contribution in [0.5, 0.6) is 0 Å². The Morgan fingerprint density at radius 2 is 1.71 bits per heavy atom. The van der Waals surface area contributed by atoms with Crippen LogP contribution in [0.4, 0.5) is 0 Å². The zero-order chi connectivity index (χ0) is 22.4. The molecule has 1 heterocycles. The van der Waals surface area contributed by atoms with Gasteiger partial charge < -0.3 is 10.0 Å². The minimum absolute atomic E-state index is 0.0189. The lowest BCUT2D eigenvalue weighted by Crippen LogP contribution is -2.54. The number of carbonyl (C=O) groups is 1. The van der Waals surface area contributed by atoms with Crippen LogP contribution < -0.4 is 0 Å². The zero-order valence-electron chi connectivity index (χ0n) is 18.0. The van der Waals surface area contributed by atoms with Gasteiger partial charge in [-0.2, -0.15) is 0 Å². The Labute approximate surface area is 195 Å². The SMILES string of the molecule is C=CC[C@@]1(C)CC[C@@H](c2ccc(Cl)cc2)N(C(CO)C2CC2)C1=O.Clc1ccccc1. The molecule has 1 saturated carbocycles. The first-order chi connectivity index (χ1) is 14.9. The first kappa shape index (κ1) is 23.8. The third-order valence-electron chi connectivity index (χ3n) is 6.35. The fourth-order valence-corrected chi connectivity index (χ4v) is 4.69. The predicted octanol–water partition coefficient (Wildman–Crippen LogP) is 6.70. The number of benzene rings is 2. The maximum atomic E-state index is 13.4. The second-order valence-corrected chi connectivity index (χ2v) is 9.63. The summed E-state index contributed by atoms with van der Waals surface area (Å²) in [7, 11) is 0. The summed E-state index contributed by atoms with van der Waals surface area (Å²) in [5.74, 6) is 0.583. The van der Waals surface area contributed by atoms with E-state index in [-0.39, 0.29) is 24.6 Å². The van der Waals surface area contributed by atoms with Crippen LogP contribution >= 0.6 is 23.2 Å². The van der Waals surface area contributed by atoms with Crippen LogP contribution in [0.3, 0.4) is 0 Å². The van der Waals surface area contributed by atoms with Crippen molar-refractivity contribution in [1.29, 1.82) is 0 Å². The van der Waals surface area contributed by atoms with Gasteiger partial charge in [-0.15, -0.1) is 6.58 Å². The largest absolute Gasteiger partial charge is 0.394 e. The summed E-state index contributed by atoms with van der Waals surface area (Å²) in [6, 6.07) is 17.1. The number of rotatable bonds is 6. The van der Waals surface area contributed by atoms with Crippen molar-refractivity contribution in [3.63, 3.8) is 0 Å². The number of allylic oxidation sites excluding steroid dienone is 1. The van der Waals surface area contributed by atoms with Crippen molar-refractivity contribution in [1.82, 2.24) is 4.90 Å². The molecule has 2 aromatic rings. The third-order valence-corrected chi connectivity index (χ3v) is 6.85. The highest BCUT2D eigenvalue weighted by Crippen LogP contribution is 2.47.